The molecular weight excluding hydrogens is 480 g/mol. The van der Waals surface area contributed by atoms with Gasteiger partial charge in [0.2, 0.25) is 0 Å². The summed E-state index contributed by atoms with van der Waals surface area (Å²) in [5.41, 5.74) is 3.32. The number of hydrogen-bond donors (Lipinski definition) is 0. The number of nitro benzene ring substituents is 1. The number of aryl methyl sites for hydroxylation is 1. The highest BCUT2D eigenvalue weighted by atomic mass is 32.2. The van der Waals surface area contributed by atoms with Gasteiger partial charge in [-0.1, -0.05) is 48.0 Å². The summed E-state index contributed by atoms with van der Waals surface area (Å²) in [6, 6.07) is 19.2. The van der Waals surface area contributed by atoms with E-state index in [9.17, 15) is 19.7 Å². The molecule has 184 valence electrons. The van der Waals surface area contributed by atoms with E-state index in [2.05, 4.69) is 0 Å². The van der Waals surface area contributed by atoms with Crippen LogP contribution in [0.1, 0.15) is 29.2 Å². The Morgan fingerprint density at radius 1 is 0.972 bits per heavy atom. The molecule has 8 nitrogen and oxygen atoms in total. The number of non-ortho nitro benzene ring substituents is 1. The lowest BCUT2D eigenvalue weighted by molar-refractivity contribution is -0.384. The van der Waals surface area contributed by atoms with E-state index < -0.39 is 4.92 Å². The van der Waals surface area contributed by atoms with Crippen molar-refractivity contribution in [3.8, 4) is 11.5 Å². The third kappa shape index (κ3) is 5.92. The molecule has 1 fully saturated rings. The van der Waals surface area contributed by atoms with Crippen LogP contribution in [0.2, 0.25) is 0 Å². The van der Waals surface area contributed by atoms with Gasteiger partial charge in [0.15, 0.2) is 11.5 Å². The zero-order valence-corrected chi connectivity index (χ0v) is 20.6. The van der Waals surface area contributed by atoms with Gasteiger partial charge in [0.25, 0.3) is 16.8 Å². The Morgan fingerprint density at radius 2 is 1.75 bits per heavy atom. The molecule has 3 aromatic rings. The summed E-state index contributed by atoms with van der Waals surface area (Å²) in [6.45, 7) is 4.56. The largest absolute Gasteiger partial charge is 0.490 e. The Labute approximate surface area is 212 Å². The zero-order chi connectivity index (χ0) is 25.7. The Bertz CT molecular complexity index is 1340. The van der Waals surface area contributed by atoms with Crippen LogP contribution < -0.4 is 9.47 Å². The fourth-order valence-corrected chi connectivity index (χ4v) is 4.42. The van der Waals surface area contributed by atoms with E-state index in [4.69, 9.17) is 9.47 Å². The first-order valence-corrected chi connectivity index (χ1v) is 12.1. The normalized spacial score (nSPS) is 14.4. The summed E-state index contributed by atoms with van der Waals surface area (Å²) in [5, 5.41) is 10.7. The maximum atomic E-state index is 12.9. The molecule has 0 saturated carbocycles. The summed E-state index contributed by atoms with van der Waals surface area (Å²) in [6.07, 6.45) is 1.66. The fraction of sp³-hybridized carbons (Fsp3) is 0.185. The van der Waals surface area contributed by atoms with Gasteiger partial charge in [0.05, 0.1) is 23.0 Å². The molecule has 0 N–H and O–H groups in total. The predicted molar refractivity (Wildman–Crippen MR) is 138 cm³/mol. The van der Waals surface area contributed by atoms with Crippen molar-refractivity contribution in [2.45, 2.75) is 27.0 Å². The number of benzene rings is 3. The van der Waals surface area contributed by atoms with Crippen LogP contribution in [0.15, 0.2) is 71.6 Å². The summed E-state index contributed by atoms with van der Waals surface area (Å²) in [5.74, 6) is 0.595. The van der Waals surface area contributed by atoms with Crippen LogP contribution in [0.25, 0.3) is 6.08 Å². The first-order valence-electron chi connectivity index (χ1n) is 11.3. The second-order valence-electron chi connectivity index (χ2n) is 8.11. The smallest absolute Gasteiger partial charge is 0.293 e. The molecular formula is C27H24N2O6S. The topological polar surface area (TPSA) is 99.0 Å². The number of imide groups is 1. The van der Waals surface area contributed by atoms with Crippen LogP contribution >= 0.6 is 11.8 Å². The molecule has 0 bridgehead atoms. The molecule has 1 saturated heterocycles. The first kappa shape index (κ1) is 25.0. The van der Waals surface area contributed by atoms with Crippen molar-refractivity contribution in [1.29, 1.82) is 0 Å². The monoisotopic (exact) mass is 504 g/mol. The van der Waals surface area contributed by atoms with Gasteiger partial charge < -0.3 is 9.47 Å². The van der Waals surface area contributed by atoms with Crippen molar-refractivity contribution < 1.29 is 24.0 Å². The van der Waals surface area contributed by atoms with Crippen molar-refractivity contribution in [3.63, 3.8) is 0 Å². The molecule has 4 rings (SSSR count). The Kier molecular flexibility index (Phi) is 7.70. The van der Waals surface area contributed by atoms with Crippen LogP contribution in [-0.4, -0.2) is 27.6 Å². The highest BCUT2D eigenvalue weighted by molar-refractivity contribution is 8.18. The van der Waals surface area contributed by atoms with Crippen molar-refractivity contribution >= 4 is 34.7 Å². The second kappa shape index (κ2) is 11.1. The standard InChI is InChI=1S/C27H24N2O6S/c1-3-34-24-14-20(11-12-23(24)35-17-21-5-4-6-22(13-21)29(32)33)15-25-26(30)28(27(31)36-25)16-19-9-7-18(2)8-10-19/h4-15H,3,16-17H2,1-2H3. The van der Waals surface area contributed by atoms with E-state index in [1.807, 2.05) is 38.1 Å². The molecule has 0 aliphatic carbocycles. The number of rotatable bonds is 9. The second-order valence-corrected chi connectivity index (χ2v) is 9.10. The lowest BCUT2D eigenvalue weighted by atomic mass is 10.1. The molecule has 9 heteroatoms. The quantitative estimate of drug-likeness (QED) is 0.197. The van der Waals surface area contributed by atoms with E-state index in [0.717, 1.165) is 22.9 Å². The zero-order valence-electron chi connectivity index (χ0n) is 19.8. The number of thioether (sulfide) groups is 1. The first-order chi connectivity index (χ1) is 17.3. The number of amides is 2. The van der Waals surface area contributed by atoms with Crippen molar-refractivity contribution in [3.05, 3.63) is 104 Å². The highest BCUT2D eigenvalue weighted by Gasteiger charge is 2.35. The van der Waals surface area contributed by atoms with Gasteiger partial charge in [0, 0.05) is 12.1 Å². The van der Waals surface area contributed by atoms with Crippen molar-refractivity contribution in [2.75, 3.05) is 6.61 Å². The van der Waals surface area contributed by atoms with Crippen LogP contribution in [0, 0.1) is 17.0 Å². The Hall–Kier alpha value is -4.11. The van der Waals surface area contributed by atoms with E-state index in [1.165, 1.54) is 17.0 Å². The van der Waals surface area contributed by atoms with Gasteiger partial charge in [-0.25, -0.2) is 0 Å². The van der Waals surface area contributed by atoms with E-state index in [-0.39, 0.29) is 30.0 Å². The molecule has 0 radical (unpaired) electrons. The van der Waals surface area contributed by atoms with Crippen LogP contribution in [0.3, 0.4) is 0 Å². The lowest BCUT2D eigenvalue weighted by Crippen LogP contribution is -2.27. The molecule has 3 aromatic carbocycles. The third-order valence-electron chi connectivity index (χ3n) is 5.42. The molecule has 2 amide bonds. The van der Waals surface area contributed by atoms with Crippen molar-refractivity contribution in [2.24, 2.45) is 0 Å². The minimum Gasteiger partial charge on any atom is -0.490 e. The van der Waals surface area contributed by atoms with E-state index in [0.29, 0.717) is 34.1 Å². The number of nitrogens with zero attached hydrogens (tertiary/aromatic N) is 2. The molecule has 0 aromatic heterocycles. The Balaban J connectivity index is 1.49. The van der Waals surface area contributed by atoms with Gasteiger partial charge in [-0.2, -0.15) is 0 Å². The summed E-state index contributed by atoms with van der Waals surface area (Å²) in [4.78, 5) is 37.5. The van der Waals surface area contributed by atoms with Crippen LogP contribution in [0.5, 0.6) is 11.5 Å². The number of carbonyl (C=O) groups is 2. The van der Waals surface area contributed by atoms with Gasteiger partial charge >= 0.3 is 0 Å². The van der Waals surface area contributed by atoms with E-state index >= 15 is 0 Å². The summed E-state index contributed by atoms with van der Waals surface area (Å²) in [7, 11) is 0. The van der Waals surface area contributed by atoms with Crippen LogP contribution in [0.4, 0.5) is 10.5 Å². The van der Waals surface area contributed by atoms with E-state index in [1.54, 1.807) is 36.4 Å². The minimum absolute atomic E-state index is 0.00666. The average Bonchev–Trinajstić information content (AvgIpc) is 3.12. The molecule has 0 unspecified atom stereocenters. The number of hydrogen-bond acceptors (Lipinski definition) is 7. The third-order valence-corrected chi connectivity index (χ3v) is 6.32. The van der Waals surface area contributed by atoms with Gasteiger partial charge in [-0.3, -0.25) is 24.6 Å². The van der Waals surface area contributed by atoms with Crippen LogP contribution in [-0.2, 0) is 17.9 Å². The van der Waals surface area contributed by atoms with Gasteiger partial charge in [0.1, 0.15) is 6.61 Å². The maximum Gasteiger partial charge on any atom is 0.293 e. The van der Waals surface area contributed by atoms with Crippen molar-refractivity contribution in [1.82, 2.24) is 4.90 Å². The van der Waals surface area contributed by atoms with Gasteiger partial charge in [-0.05, 0) is 60.5 Å². The minimum atomic E-state index is -0.452. The summed E-state index contributed by atoms with van der Waals surface area (Å²) < 4.78 is 11.6. The molecule has 1 aliphatic heterocycles. The molecule has 0 atom stereocenters. The Morgan fingerprint density at radius 3 is 2.47 bits per heavy atom. The predicted octanol–water partition coefficient (Wildman–Crippen LogP) is 6.12. The fourth-order valence-electron chi connectivity index (χ4n) is 3.59. The molecule has 1 heterocycles. The lowest BCUT2D eigenvalue weighted by Gasteiger charge is -2.13. The SMILES string of the molecule is CCOc1cc(C=C2SC(=O)N(Cc3ccc(C)cc3)C2=O)ccc1OCc1cccc([N+](=O)[O-])c1. The average molecular weight is 505 g/mol. The highest BCUT2D eigenvalue weighted by Crippen LogP contribution is 2.35. The summed E-state index contributed by atoms with van der Waals surface area (Å²) >= 11 is 0.905. The molecule has 1 aliphatic rings. The molecule has 36 heavy (non-hydrogen) atoms. The molecule has 0 spiro atoms. The van der Waals surface area contributed by atoms with Gasteiger partial charge in [-0.15, -0.1) is 0 Å². The number of ether oxygens (including phenoxy) is 2. The number of carbonyl (C=O) groups excluding carboxylic acids is 2. The maximum absolute atomic E-state index is 12.9. The number of nitro groups is 1.